The molecule has 92 valence electrons. The van der Waals surface area contributed by atoms with E-state index in [0.717, 1.165) is 19.5 Å². The third kappa shape index (κ3) is 5.14. The molecule has 1 aliphatic rings. The summed E-state index contributed by atoms with van der Waals surface area (Å²) in [6.45, 7) is 4.67. The van der Waals surface area contributed by atoms with Crippen molar-refractivity contribution in [3.63, 3.8) is 0 Å². The smallest absolute Gasteiger partial charge is 0.216 e. The molecule has 1 saturated carbocycles. The van der Waals surface area contributed by atoms with E-state index in [-0.39, 0.29) is 11.8 Å². The maximum Gasteiger partial charge on any atom is 0.216 e. The fourth-order valence-corrected chi connectivity index (χ4v) is 2.35. The van der Waals surface area contributed by atoms with Gasteiger partial charge in [0.1, 0.15) is 0 Å². The zero-order valence-electron chi connectivity index (χ0n) is 10.2. The van der Waals surface area contributed by atoms with Gasteiger partial charge in [-0.25, -0.2) is 0 Å². The van der Waals surface area contributed by atoms with Crippen molar-refractivity contribution in [2.75, 3.05) is 13.1 Å². The van der Waals surface area contributed by atoms with E-state index in [4.69, 9.17) is 0 Å². The predicted octanol–water partition coefficient (Wildman–Crippen LogP) is 1.06. The SMILES string of the molecule is CC(=O)NC[C@H]1CCC[C@H](CNC(C)=O)C1. The Morgan fingerprint density at radius 3 is 1.81 bits per heavy atom. The van der Waals surface area contributed by atoms with Crippen LogP contribution in [0.2, 0.25) is 0 Å². The number of amides is 2. The summed E-state index contributed by atoms with van der Waals surface area (Å²) in [5.74, 6) is 1.25. The van der Waals surface area contributed by atoms with Gasteiger partial charge in [0, 0.05) is 26.9 Å². The van der Waals surface area contributed by atoms with Gasteiger partial charge in [-0.05, 0) is 31.1 Å². The van der Waals surface area contributed by atoms with E-state index in [1.165, 1.54) is 19.3 Å². The average molecular weight is 226 g/mol. The van der Waals surface area contributed by atoms with Gasteiger partial charge < -0.3 is 10.6 Å². The zero-order chi connectivity index (χ0) is 12.0. The molecule has 1 fully saturated rings. The minimum Gasteiger partial charge on any atom is -0.356 e. The quantitative estimate of drug-likeness (QED) is 0.753. The first-order chi connectivity index (χ1) is 7.58. The van der Waals surface area contributed by atoms with Crippen LogP contribution in [0.1, 0.15) is 39.5 Å². The molecule has 0 aromatic carbocycles. The Kier molecular flexibility index (Phi) is 5.29. The topological polar surface area (TPSA) is 58.2 Å². The molecule has 1 aliphatic carbocycles. The van der Waals surface area contributed by atoms with Crippen LogP contribution < -0.4 is 10.6 Å². The molecule has 0 spiro atoms. The van der Waals surface area contributed by atoms with Crippen LogP contribution in [-0.2, 0) is 9.59 Å². The van der Waals surface area contributed by atoms with Gasteiger partial charge in [0.25, 0.3) is 0 Å². The largest absolute Gasteiger partial charge is 0.356 e. The molecule has 0 saturated heterocycles. The van der Waals surface area contributed by atoms with Gasteiger partial charge in [-0.2, -0.15) is 0 Å². The molecule has 2 N–H and O–H groups in total. The summed E-state index contributed by atoms with van der Waals surface area (Å²) in [6.07, 6.45) is 4.70. The first-order valence-corrected chi connectivity index (χ1v) is 6.06. The molecule has 2 amide bonds. The van der Waals surface area contributed by atoms with Crippen molar-refractivity contribution in [1.82, 2.24) is 10.6 Å². The first kappa shape index (κ1) is 13.0. The highest BCUT2D eigenvalue weighted by atomic mass is 16.2. The van der Waals surface area contributed by atoms with Gasteiger partial charge in [0.15, 0.2) is 0 Å². The number of rotatable bonds is 4. The molecule has 0 aromatic heterocycles. The number of carbonyl (C=O) groups excluding carboxylic acids is 2. The Morgan fingerprint density at radius 2 is 1.44 bits per heavy atom. The summed E-state index contributed by atoms with van der Waals surface area (Å²) < 4.78 is 0. The number of carbonyl (C=O) groups is 2. The summed E-state index contributed by atoms with van der Waals surface area (Å²) in [6, 6.07) is 0. The molecule has 0 heterocycles. The van der Waals surface area contributed by atoms with Crippen molar-refractivity contribution in [3.05, 3.63) is 0 Å². The van der Waals surface area contributed by atoms with E-state index in [2.05, 4.69) is 10.6 Å². The van der Waals surface area contributed by atoms with Crippen LogP contribution in [0.5, 0.6) is 0 Å². The third-order valence-electron chi connectivity index (χ3n) is 3.17. The minimum atomic E-state index is 0.0454. The lowest BCUT2D eigenvalue weighted by atomic mass is 9.81. The maximum atomic E-state index is 10.8. The second-order valence-corrected chi connectivity index (χ2v) is 4.77. The summed E-state index contributed by atoms with van der Waals surface area (Å²) in [7, 11) is 0. The zero-order valence-corrected chi connectivity index (χ0v) is 10.2. The van der Waals surface area contributed by atoms with E-state index in [0.29, 0.717) is 11.8 Å². The van der Waals surface area contributed by atoms with Crippen LogP contribution in [0.15, 0.2) is 0 Å². The maximum absolute atomic E-state index is 10.8. The van der Waals surface area contributed by atoms with Gasteiger partial charge in [0.2, 0.25) is 11.8 Å². The molecular formula is C12H22N2O2. The van der Waals surface area contributed by atoms with E-state index in [1.54, 1.807) is 13.8 Å². The van der Waals surface area contributed by atoms with Crippen molar-refractivity contribution in [2.24, 2.45) is 11.8 Å². The van der Waals surface area contributed by atoms with E-state index < -0.39 is 0 Å². The predicted molar refractivity (Wildman–Crippen MR) is 62.8 cm³/mol. The van der Waals surface area contributed by atoms with Crippen LogP contribution >= 0.6 is 0 Å². The van der Waals surface area contributed by atoms with E-state index in [9.17, 15) is 9.59 Å². The Hall–Kier alpha value is -1.06. The van der Waals surface area contributed by atoms with Gasteiger partial charge in [-0.3, -0.25) is 9.59 Å². The molecule has 4 nitrogen and oxygen atoms in total. The second kappa shape index (κ2) is 6.51. The molecule has 0 bridgehead atoms. The molecule has 0 aromatic rings. The molecule has 0 radical (unpaired) electrons. The van der Waals surface area contributed by atoms with Gasteiger partial charge in [0.05, 0.1) is 0 Å². The molecule has 1 rings (SSSR count). The molecule has 2 atom stereocenters. The highest BCUT2D eigenvalue weighted by Crippen LogP contribution is 2.28. The fourth-order valence-electron chi connectivity index (χ4n) is 2.35. The lowest BCUT2D eigenvalue weighted by molar-refractivity contribution is -0.119. The van der Waals surface area contributed by atoms with Crippen molar-refractivity contribution >= 4 is 11.8 Å². The highest BCUT2D eigenvalue weighted by Gasteiger charge is 2.21. The van der Waals surface area contributed by atoms with Crippen molar-refractivity contribution < 1.29 is 9.59 Å². The first-order valence-electron chi connectivity index (χ1n) is 6.06. The van der Waals surface area contributed by atoms with Crippen molar-refractivity contribution in [3.8, 4) is 0 Å². The summed E-state index contributed by atoms with van der Waals surface area (Å²) >= 11 is 0. The van der Waals surface area contributed by atoms with Gasteiger partial charge in [-0.1, -0.05) is 6.42 Å². The summed E-state index contributed by atoms with van der Waals surface area (Å²) in [4.78, 5) is 21.6. The number of hydrogen-bond acceptors (Lipinski definition) is 2. The molecule has 16 heavy (non-hydrogen) atoms. The Bertz CT molecular complexity index is 229. The van der Waals surface area contributed by atoms with Crippen LogP contribution in [0.3, 0.4) is 0 Å². The van der Waals surface area contributed by atoms with Crippen LogP contribution in [0, 0.1) is 11.8 Å². The number of hydrogen-bond donors (Lipinski definition) is 2. The fraction of sp³-hybridized carbons (Fsp3) is 0.833. The lowest BCUT2D eigenvalue weighted by Crippen LogP contribution is -2.34. The van der Waals surface area contributed by atoms with E-state index >= 15 is 0 Å². The minimum absolute atomic E-state index is 0.0454. The average Bonchev–Trinajstić information content (AvgIpc) is 2.24. The van der Waals surface area contributed by atoms with Crippen molar-refractivity contribution in [1.29, 1.82) is 0 Å². The third-order valence-corrected chi connectivity index (χ3v) is 3.17. The monoisotopic (exact) mass is 226 g/mol. The normalized spacial score (nSPS) is 24.9. The van der Waals surface area contributed by atoms with Crippen LogP contribution in [-0.4, -0.2) is 24.9 Å². The Balaban J connectivity index is 2.24. The van der Waals surface area contributed by atoms with Gasteiger partial charge >= 0.3 is 0 Å². The molecular weight excluding hydrogens is 204 g/mol. The standard InChI is InChI=1S/C12H22N2O2/c1-9(15)13-7-11-4-3-5-12(6-11)8-14-10(2)16/h11-12H,3-8H2,1-2H3,(H,13,15)(H,14,16)/t11-,12-/m0/s1. The Morgan fingerprint density at radius 1 is 1.00 bits per heavy atom. The summed E-state index contributed by atoms with van der Waals surface area (Å²) in [5, 5.41) is 5.75. The molecule has 4 heteroatoms. The van der Waals surface area contributed by atoms with Crippen LogP contribution in [0.4, 0.5) is 0 Å². The van der Waals surface area contributed by atoms with Crippen molar-refractivity contribution in [2.45, 2.75) is 39.5 Å². The summed E-state index contributed by atoms with van der Waals surface area (Å²) in [5.41, 5.74) is 0. The second-order valence-electron chi connectivity index (χ2n) is 4.77. The van der Waals surface area contributed by atoms with Crippen LogP contribution in [0.25, 0.3) is 0 Å². The Labute approximate surface area is 97.2 Å². The molecule has 0 aliphatic heterocycles. The van der Waals surface area contributed by atoms with Gasteiger partial charge in [-0.15, -0.1) is 0 Å². The highest BCUT2D eigenvalue weighted by molar-refractivity contribution is 5.73. The molecule has 0 unspecified atom stereocenters. The number of nitrogens with one attached hydrogen (secondary N) is 2. The lowest BCUT2D eigenvalue weighted by Gasteiger charge is -2.29. The van der Waals surface area contributed by atoms with E-state index in [1.807, 2.05) is 0 Å².